The highest BCUT2D eigenvalue weighted by Gasteiger charge is 2.16. The van der Waals surface area contributed by atoms with Gasteiger partial charge in [0.15, 0.2) is 0 Å². The van der Waals surface area contributed by atoms with Gasteiger partial charge in [-0.25, -0.2) is 0 Å². The second kappa shape index (κ2) is 10.3. The molecular formula is C29H29N3O2. The third-order valence-corrected chi connectivity index (χ3v) is 5.84. The number of rotatable bonds is 7. The molecule has 0 saturated heterocycles. The molecule has 4 aromatic rings. The van der Waals surface area contributed by atoms with E-state index in [-0.39, 0.29) is 5.91 Å². The molecule has 0 aliphatic carbocycles. The van der Waals surface area contributed by atoms with E-state index in [9.17, 15) is 4.79 Å². The smallest absolute Gasteiger partial charge is 0.252 e. The van der Waals surface area contributed by atoms with Crippen LogP contribution in [0.15, 0.2) is 73.2 Å². The number of aromatic nitrogens is 2. The normalized spacial score (nSPS) is 10.7. The summed E-state index contributed by atoms with van der Waals surface area (Å²) < 4.78 is 5.42. The van der Waals surface area contributed by atoms with Crippen LogP contribution in [0.3, 0.4) is 0 Å². The molecule has 0 atom stereocenters. The maximum atomic E-state index is 13.4. The molecule has 0 spiro atoms. The Morgan fingerprint density at radius 3 is 2.41 bits per heavy atom. The molecule has 0 fully saturated rings. The van der Waals surface area contributed by atoms with Crippen LogP contribution in [0.2, 0.25) is 0 Å². The maximum Gasteiger partial charge on any atom is 0.252 e. The molecule has 34 heavy (non-hydrogen) atoms. The summed E-state index contributed by atoms with van der Waals surface area (Å²) in [5, 5.41) is 3.09. The average molecular weight is 452 g/mol. The van der Waals surface area contributed by atoms with Crippen LogP contribution in [0.5, 0.6) is 5.75 Å². The van der Waals surface area contributed by atoms with E-state index < -0.39 is 0 Å². The number of aryl methyl sites for hydroxylation is 3. The standard InChI is InChI=1S/C29H29N3O2/c1-5-22-15-21(6-9-28(22)34-4)17-32-29(33)26-16-23(24-13-19(2)12-20(3)14-24)7-8-25(26)27-18-30-10-11-31-27/h6-16,18H,5,17H2,1-4H3,(H,32,33). The molecule has 1 N–H and O–H groups in total. The first-order valence-electron chi connectivity index (χ1n) is 11.4. The fourth-order valence-electron chi connectivity index (χ4n) is 4.21. The summed E-state index contributed by atoms with van der Waals surface area (Å²) in [7, 11) is 1.67. The van der Waals surface area contributed by atoms with Crippen molar-refractivity contribution in [2.45, 2.75) is 33.7 Å². The fourth-order valence-corrected chi connectivity index (χ4v) is 4.21. The van der Waals surface area contributed by atoms with E-state index in [1.807, 2.05) is 30.3 Å². The Hall–Kier alpha value is -3.99. The van der Waals surface area contributed by atoms with Crippen LogP contribution >= 0.6 is 0 Å². The number of hydrogen-bond acceptors (Lipinski definition) is 4. The number of amides is 1. The van der Waals surface area contributed by atoms with E-state index >= 15 is 0 Å². The highest BCUT2D eigenvalue weighted by atomic mass is 16.5. The average Bonchev–Trinajstić information content (AvgIpc) is 2.86. The molecule has 4 rings (SSSR count). The van der Waals surface area contributed by atoms with E-state index in [0.717, 1.165) is 40.0 Å². The van der Waals surface area contributed by atoms with Crippen molar-refractivity contribution in [3.05, 3.63) is 101 Å². The van der Waals surface area contributed by atoms with Crippen LogP contribution in [0.4, 0.5) is 0 Å². The molecule has 0 bridgehead atoms. The van der Waals surface area contributed by atoms with E-state index in [0.29, 0.717) is 17.8 Å². The highest BCUT2D eigenvalue weighted by Crippen LogP contribution is 2.29. The first kappa shape index (κ1) is 23.2. The Labute approximate surface area is 200 Å². The Kier molecular flexibility index (Phi) is 7.02. The van der Waals surface area contributed by atoms with Crippen LogP contribution in [-0.4, -0.2) is 23.0 Å². The molecule has 0 saturated carbocycles. The lowest BCUT2D eigenvalue weighted by atomic mass is 9.95. The molecule has 3 aromatic carbocycles. The molecule has 0 aliphatic rings. The number of methoxy groups -OCH3 is 1. The summed E-state index contributed by atoms with van der Waals surface area (Å²) in [5.41, 5.74) is 8.57. The van der Waals surface area contributed by atoms with Gasteiger partial charge in [0.25, 0.3) is 5.91 Å². The van der Waals surface area contributed by atoms with Gasteiger partial charge in [-0.2, -0.15) is 0 Å². The van der Waals surface area contributed by atoms with Crippen molar-refractivity contribution in [1.29, 1.82) is 0 Å². The maximum absolute atomic E-state index is 13.4. The number of benzene rings is 3. The first-order valence-corrected chi connectivity index (χ1v) is 11.4. The summed E-state index contributed by atoms with van der Waals surface area (Å²) in [6.45, 7) is 6.67. The van der Waals surface area contributed by atoms with Gasteiger partial charge in [-0.3, -0.25) is 14.8 Å². The van der Waals surface area contributed by atoms with Crippen LogP contribution in [0.25, 0.3) is 22.4 Å². The van der Waals surface area contributed by atoms with Gasteiger partial charge in [-0.15, -0.1) is 0 Å². The molecule has 1 amide bonds. The van der Waals surface area contributed by atoms with Crippen LogP contribution < -0.4 is 10.1 Å². The predicted octanol–water partition coefficient (Wildman–Crippen LogP) is 5.93. The first-order chi connectivity index (χ1) is 16.5. The largest absolute Gasteiger partial charge is 0.496 e. The van der Waals surface area contributed by atoms with E-state index in [4.69, 9.17) is 4.74 Å². The van der Waals surface area contributed by atoms with Crippen molar-refractivity contribution < 1.29 is 9.53 Å². The number of nitrogens with one attached hydrogen (secondary N) is 1. The van der Waals surface area contributed by atoms with Gasteiger partial charge in [0.05, 0.1) is 19.0 Å². The van der Waals surface area contributed by atoms with Crippen molar-refractivity contribution in [3.8, 4) is 28.1 Å². The van der Waals surface area contributed by atoms with E-state index in [2.05, 4.69) is 60.3 Å². The Balaban J connectivity index is 1.68. The van der Waals surface area contributed by atoms with Crippen LogP contribution in [-0.2, 0) is 13.0 Å². The van der Waals surface area contributed by atoms with Crippen molar-refractivity contribution in [2.24, 2.45) is 0 Å². The van der Waals surface area contributed by atoms with Crippen molar-refractivity contribution in [2.75, 3.05) is 7.11 Å². The second-order valence-electron chi connectivity index (χ2n) is 8.41. The Morgan fingerprint density at radius 2 is 1.74 bits per heavy atom. The van der Waals surface area contributed by atoms with Gasteiger partial charge in [0, 0.05) is 30.1 Å². The van der Waals surface area contributed by atoms with E-state index in [1.165, 1.54) is 11.1 Å². The number of ether oxygens (including phenoxy) is 1. The van der Waals surface area contributed by atoms with Gasteiger partial charge in [0.1, 0.15) is 5.75 Å². The van der Waals surface area contributed by atoms with Crippen molar-refractivity contribution >= 4 is 5.91 Å². The van der Waals surface area contributed by atoms with Gasteiger partial charge < -0.3 is 10.1 Å². The Bertz CT molecular complexity index is 1300. The zero-order chi connectivity index (χ0) is 24.1. The number of carbonyl (C=O) groups excluding carboxylic acids is 1. The van der Waals surface area contributed by atoms with Crippen molar-refractivity contribution in [3.63, 3.8) is 0 Å². The fraction of sp³-hybridized carbons (Fsp3) is 0.207. The monoisotopic (exact) mass is 451 g/mol. The molecule has 1 aromatic heterocycles. The molecule has 172 valence electrons. The minimum absolute atomic E-state index is 0.152. The van der Waals surface area contributed by atoms with Crippen molar-refractivity contribution in [1.82, 2.24) is 15.3 Å². The molecule has 5 nitrogen and oxygen atoms in total. The minimum Gasteiger partial charge on any atom is -0.496 e. The second-order valence-corrected chi connectivity index (χ2v) is 8.41. The quantitative estimate of drug-likeness (QED) is 0.378. The molecule has 0 radical (unpaired) electrons. The molecule has 0 aliphatic heterocycles. The number of carbonyl (C=O) groups is 1. The molecular weight excluding hydrogens is 422 g/mol. The van der Waals surface area contributed by atoms with Crippen LogP contribution in [0, 0.1) is 13.8 Å². The highest BCUT2D eigenvalue weighted by molar-refractivity contribution is 6.01. The summed E-state index contributed by atoms with van der Waals surface area (Å²) >= 11 is 0. The van der Waals surface area contributed by atoms with Gasteiger partial charge in [-0.05, 0) is 54.7 Å². The third-order valence-electron chi connectivity index (χ3n) is 5.84. The zero-order valence-corrected chi connectivity index (χ0v) is 20.1. The number of nitrogens with zero attached hydrogens (tertiary/aromatic N) is 2. The summed E-state index contributed by atoms with van der Waals surface area (Å²) in [6.07, 6.45) is 5.81. The minimum atomic E-state index is -0.152. The number of hydrogen-bond donors (Lipinski definition) is 1. The SMILES string of the molecule is CCc1cc(CNC(=O)c2cc(-c3cc(C)cc(C)c3)ccc2-c2cnccn2)ccc1OC. The summed E-state index contributed by atoms with van der Waals surface area (Å²) in [5.74, 6) is 0.712. The molecule has 1 heterocycles. The topological polar surface area (TPSA) is 64.1 Å². The molecule has 0 unspecified atom stereocenters. The van der Waals surface area contributed by atoms with Crippen LogP contribution in [0.1, 0.15) is 39.5 Å². The lowest BCUT2D eigenvalue weighted by Gasteiger charge is -2.14. The summed E-state index contributed by atoms with van der Waals surface area (Å²) in [4.78, 5) is 22.0. The van der Waals surface area contributed by atoms with Gasteiger partial charge in [-0.1, -0.05) is 60.5 Å². The predicted molar refractivity (Wildman–Crippen MR) is 136 cm³/mol. The third kappa shape index (κ3) is 5.15. The van der Waals surface area contributed by atoms with Gasteiger partial charge in [0.2, 0.25) is 0 Å². The lowest BCUT2D eigenvalue weighted by Crippen LogP contribution is -2.23. The summed E-state index contributed by atoms with van der Waals surface area (Å²) in [6, 6.07) is 18.4. The van der Waals surface area contributed by atoms with E-state index in [1.54, 1.807) is 25.7 Å². The lowest BCUT2D eigenvalue weighted by molar-refractivity contribution is 0.0951. The zero-order valence-electron chi connectivity index (χ0n) is 20.1. The molecule has 5 heteroatoms. The van der Waals surface area contributed by atoms with Gasteiger partial charge >= 0.3 is 0 Å². The Morgan fingerprint density at radius 1 is 0.941 bits per heavy atom.